The molecule has 19 heavy (non-hydrogen) atoms. The molecule has 1 saturated heterocycles. The molecule has 0 aromatic heterocycles. The first-order chi connectivity index (χ1) is 9.11. The summed E-state index contributed by atoms with van der Waals surface area (Å²) in [5.74, 6) is 0. The number of rotatable bonds is 5. The number of hydrogen-bond acceptors (Lipinski definition) is 3. The fourth-order valence-corrected chi connectivity index (χ4v) is 3.34. The van der Waals surface area contributed by atoms with Crippen molar-refractivity contribution in [1.82, 2.24) is 9.80 Å². The van der Waals surface area contributed by atoms with Crippen LogP contribution < -0.4 is 5.73 Å². The molecule has 1 heterocycles. The summed E-state index contributed by atoms with van der Waals surface area (Å²) >= 11 is 3.58. The third-order valence-electron chi connectivity index (χ3n) is 3.98. The van der Waals surface area contributed by atoms with Gasteiger partial charge >= 0.3 is 0 Å². The highest BCUT2D eigenvalue weighted by Crippen LogP contribution is 2.25. The Balaban J connectivity index is 1.94. The average Bonchev–Trinajstić information content (AvgIpc) is 2.82. The number of likely N-dealkylation sites (tertiary alicyclic amines) is 1. The van der Waals surface area contributed by atoms with Crippen molar-refractivity contribution in [2.45, 2.75) is 32.4 Å². The molecule has 2 rings (SSSR count). The zero-order valence-electron chi connectivity index (χ0n) is 11.9. The molecule has 1 fully saturated rings. The predicted octanol–water partition coefficient (Wildman–Crippen LogP) is 2.95. The van der Waals surface area contributed by atoms with Crippen molar-refractivity contribution in [3.8, 4) is 0 Å². The molecule has 0 aliphatic carbocycles. The summed E-state index contributed by atoms with van der Waals surface area (Å²) in [4.78, 5) is 4.99. The third kappa shape index (κ3) is 3.71. The van der Waals surface area contributed by atoms with Crippen molar-refractivity contribution >= 4 is 21.6 Å². The first kappa shape index (κ1) is 14.8. The van der Waals surface area contributed by atoms with Gasteiger partial charge in [-0.15, -0.1) is 0 Å². The number of likely N-dealkylation sites (N-methyl/N-ethyl adjacent to an activating group) is 2. The van der Waals surface area contributed by atoms with Crippen LogP contribution in [0.2, 0.25) is 0 Å². The van der Waals surface area contributed by atoms with Gasteiger partial charge in [-0.2, -0.15) is 0 Å². The van der Waals surface area contributed by atoms with Gasteiger partial charge in [0.25, 0.3) is 0 Å². The van der Waals surface area contributed by atoms with E-state index in [1.54, 1.807) is 0 Å². The van der Waals surface area contributed by atoms with Crippen molar-refractivity contribution in [2.24, 2.45) is 0 Å². The first-order valence-electron chi connectivity index (χ1n) is 7.07. The highest BCUT2D eigenvalue weighted by atomic mass is 79.9. The van der Waals surface area contributed by atoms with Gasteiger partial charge < -0.3 is 10.6 Å². The van der Waals surface area contributed by atoms with Gasteiger partial charge in [0.2, 0.25) is 0 Å². The Hall–Kier alpha value is -0.580. The molecule has 1 aliphatic heterocycles. The monoisotopic (exact) mass is 325 g/mol. The SMILES string of the molecule is CCN1CCCC1CN(C)Cc1cccc(N)c1Br. The van der Waals surface area contributed by atoms with E-state index in [1.165, 1.54) is 31.5 Å². The summed E-state index contributed by atoms with van der Waals surface area (Å²) in [7, 11) is 2.20. The Kier molecular flexibility index (Phi) is 5.25. The summed E-state index contributed by atoms with van der Waals surface area (Å²) < 4.78 is 1.04. The van der Waals surface area contributed by atoms with Gasteiger partial charge in [-0.25, -0.2) is 0 Å². The van der Waals surface area contributed by atoms with Crippen molar-refractivity contribution in [3.05, 3.63) is 28.2 Å². The summed E-state index contributed by atoms with van der Waals surface area (Å²) in [5.41, 5.74) is 8.02. The molecule has 4 heteroatoms. The van der Waals surface area contributed by atoms with Crippen molar-refractivity contribution in [2.75, 3.05) is 32.4 Å². The lowest BCUT2D eigenvalue weighted by Crippen LogP contribution is -2.38. The van der Waals surface area contributed by atoms with E-state index >= 15 is 0 Å². The van der Waals surface area contributed by atoms with Crippen LogP contribution in [0.4, 0.5) is 5.69 Å². The van der Waals surface area contributed by atoms with Gasteiger partial charge in [0.1, 0.15) is 0 Å². The summed E-state index contributed by atoms with van der Waals surface area (Å²) in [5, 5.41) is 0. The normalized spacial score (nSPS) is 20.3. The molecule has 1 aromatic rings. The van der Waals surface area contributed by atoms with E-state index in [0.717, 1.165) is 29.3 Å². The number of benzene rings is 1. The third-order valence-corrected chi connectivity index (χ3v) is 4.94. The van der Waals surface area contributed by atoms with E-state index in [9.17, 15) is 0 Å². The Labute approximate surface area is 124 Å². The average molecular weight is 326 g/mol. The maximum atomic E-state index is 5.93. The van der Waals surface area contributed by atoms with Gasteiger partial charge in [-0.3, -0.25) is 4.90 Å². The number of nitrogens with two attached hydrogens (primary N) is 1. The molecule has 0 bridgehead atoms. The molecule has 1 aromatic carbocycles. The van der Waals surface area contributed by atoms with Gasteiger partial charge in [0.05, 0.1) is 0 Å². The van der Waals surface area contributed by atoms with Gasteiger partial charge in [0.15, 0.2) is 0 Å². The van der Waals surface area contributed by atoms with Crippen LogP contribution in [0.15, 0.2) is 22.7 Å². The lowest BCUT2D eigenvalue weighted by molar-refractivity contribution is 0.194. The summed E-state index contributed by atoms with van der Waals surface area (Å²) in [6, 6.07) is 6.82. The zero-order valence-corrected chi connectivity index (χ0v) is 13.5. The van der Waals surface area contributed by atoms with E-state index in [2.05, 4.69) is 45.8 Å². The molecular formula is C15H24BrN3. The topological polar surface area (TPSA) is 32.5 Å². The van der Waals surface area contributed by atoms with Gasteiger partial charge in [-0.1, -0.05) is 19.1 Å². The Morgan fingerprint density at radius 3 is 3.00 bits per heavy atom. The van der Waals surface area contributed by atoms with E-state index in [-0.39, 0.29) is 0 Å². The molecule has 1 atom stereocenters. The molecule has 0 saturated carbocycles. The van der Waals surface area contributed by atoms with E-state index in [0.29, 0.717) is 0 Å². The molecule has 2 N–H and O–H groups in total. The minimum absolute atomic E-state index is 0.717. The van der Waals surface area contributed by atoms with Crippen molar-refractivity contribution < 1.29 is 0 Å². The highest BCUT2D eigenvalue weighted by molar-refractivity contribution is 9.10. The van der Waals surface area contributed by atoms with Crippen LogP contribution in [0.25, 0.3) is 0 Å². The highest BCUT2D eigenvalue weighted by Gasteiger charge is 2.24. The van der Waals surface area contributed by atoms with Crippen LogP contribution in [0.5, 0.6) is 0 Å². The zero-order chi connectivity index (χ0) is 13.8. The second kappa shape index (κ2) is 6.73. The van der Waals surface area contributed by atoms with Crippen LogP contribution in [-0.2, 0) is 6.54 Å². The number of hydrogen-bond donors (Lipinski definition) is 1. The van der Waals surface area contributed by atoms with Crippen molar-refractivity contribution in [1.29, 1.82) is 0 Å². The van der Waals surface area contributed by atoms with Gasteiger partial charge in [-0.05, 0) is 60.5 Å². The maximum Gasteiger partial charge on any atom is 0.0461 e. The molecule has 1 unspecified atom stereocenters. The quantitative estimate of drug-likeness (QED) is 0.845. The fourth-order valence-electron chi connectivity index (χ4n) is 2.96. The van der Waals surface area contributed by atoms with Crippen LogP contribution in [0, 0.1) is 0 Å². The van der Waals surface area contributed by atoms with Crippen LogP contribution in [0.1, 0.15) is 25.3 Å². The Bertz CT molecular complexity index is 422. The van der Waals surface area contributed by atoms with Crippen LogP contribution >= 0.6 is 15.9 Å². The molecule has 0 spiro atoms. The minimum Gasteiger partial charge on any atom is -0.398 e. The first-order valence-corrected chi connectivity index (χ1v) is 7.86. The molecule has 106 valence electrons. The van der Waals surface area contributed by atoms with Crippen molar-refractivity contribution in [3.63, 3.8) is 0 Å². The standard InChI is InChI=1S/C15H24BrN3/c1-3-19-9-5-7-13(19)11-18(2)10-12-6-4-8-14(17)15(12)16/h4,6,8,13H,3,5,7,9-11,17H2,1-2H3. The maximum absolute atomic E-state index is 5.93. The second-order valence-corrected chi connectivity index (χ2v) is 6.23. The van der Waals surface area contributed by atoms with Gasteiger partial charge in [0, 0.05) is 29.3 Å². The molecule has 1 aliphatic rings. The fraction of sp³-hybridized carbons (Fsp3) is 0.600. The molecular weight excluding hydrogens is 302 g/mol. The predicted molar refractivity (Wildman–Crippen MR) is 85.2 cm³/mol. The van der Waals surface area contributed by atoms with Crippen LogP contribution in [0.3, 0.4) is 0 Å². The van der Waals surface area contributed by atoms with E-state index in [4.69, 9.17) is 5.73 Å². The molecule has 0 amide bonds. The number of nitrogen functional groups attached to an aromatic ring is 1. The van der Waals surface area contributed by atoms with Crippen LogP contribution in [-0.4, -0.2) is 42.5 Å². The second-order valence-electron chi connectivity index (χ2n) is 5.44. The number of nitrogens with zero attached hydrogens (tertiary/aromatic N) is 2. The largest absolute Gasteiger partial charge is 0.398 e. The number of halogens is 1. The lowest BCUT2D eigenvalue weighted by Gasteiger charge is -2.28. The summed E-state index contributed by atoms with van der Waals surface area (Å²) in [6.45, 7) is 6.76. The Morgan fingerprint density at radius 1 is 1.47 bits per heavy atom. The molecule has 0 radical (unpaired) electrons. The Morgan fingerprint density at radius 2 is 2.26 bits per heavy atom. The summed E-state index contributed by atoms with van der Waals surface area (Å²) in [6.07, 6.45) is 2.67. The minimum atomic E-state index is 0.717. The van der Waals surface area contributed by atoms with E-state index < -0.39 is 0 Å². The molecule has 3 nitrogen and oxygen atoms in total. The smallest absolute Gasteiger partial charge is 0.0461 e. The lowest BCUT2D eigenvalue weighted by atomic mass is 10.1. The number of anilines is 1. The van der Waals surface area contributed by atoms with E-state index in [1.807, 2.05) is 12.1 Å².